The Balaban J connectivity index is 1.64. The summed E-state index contributed by atoms with van der Waals surface area (Å²) in [6.07, 6.45) is 2.64. The van der Waals surface area contributed by atoms with Crippen LogP contribution in [0.25, 0.3) is 22.0 Å². The van der Waals surface area contributed by atoms with Gasteiger partial charge < -0.3 is 9.64 Å². The monoisotopic (exact) mass is 446 g/mol. The standard InChI is InChI=1S/C23H21Cl2FN2O2/c1-14(23(29)28-9-3-2-4-10-28)30-16-6-8-18-19(13-22(25)27-21(18)12-16)17-7-5-15(26)11-20(17)24/h5-8,11-14H,2-4,9-10H2,1H3. The third-order valence-corrected chi connectivity index (χ3v) is 5.81. The van der Waals surface area contributed by atoms with Crippen molar-refractivity contribution in [3.05, 3.63) is 58.5 Å². The third kappa shape index (κ3) is 4.37. The number of hydrogen-bond acceptors (Lipinski definition) is 3. The topological polar surface area (TPSA) is 42.4 Å². The molecule has 2 heterocycles. The van der Waals surface area contributed by atoms with Crippen molar-refractivity contribution in [2.45, 2.75) is 32.3 Å². The first-order chi connectivity index (χ1) is 14.4. The van der Waals surface area contributed by atoms with E-state index in [0.29, 0.717) is 21.9 Å². The lowest BCUT2D eigenvalue weighted by atomic mass is 10.0. The van der Waals surface area contributed by atoms with Gasteiger partial charge in [-0.3, -0.25) is 4.79 Å². The molecule has 0 saturated carbocycles. The first-order valence-electron chi connectivity index (χ1n) is 9.93. The number of amides is 1. The highest BCUT2D eigenvalue weighted by atomic mass is 35.5. The Morgan fingerprint density at radius 1 is 1.07 bits per heavy atom. The summed E-state index contributed by atoms with van der Waals surface area (Å²) in [6.45, 7) is 3.32. The van der Waals surface area contributed by atoms with Gasteiger partial charge in [0, 0.05) is 30.1 Å². The predicted molar refractivity (Wildman–Crippen MR) is 118 cm³/mol. The Morgan fingerprint density at radius 2 is 1.83 bits per heavy atom. The van der Waals surface area contributed by atoms with E-state index in [1.807, 2.05) is 11.0 Å². The second-order valence-electron chi connectivity index (χ2n) is 7.44. The SMILES string of the molecule is CC(Oc1ccc2c(-c3ccc(F)cc3Cl)cc(Cl)nc2c1)C(=O)N1CCCCC1. The molecular formula is C23H21Cl2FN2O2. The molecule has 1 unspecified atom stereocenters. The average Bonchev–Trinajstić information content (AvgIpc) is 2.73. The van der Waals surface area contributed by atoms with Crippen molar-refractivity contribution < 1.29 is 13.9 Å². The number of carbonyl (C=O) groups excluding carboxylic acids is 1. The minimum atomic E-state index is -0.592. The zero-order valence-electron chi connectivity index (χ0n) is 16.5. The smallest absolute Gasteiger partial charge is 0.263 e. The summed E-state index contributed by atoms with van der Waals surface area (Å²) in [5.74, 6) is 0.121. The molecule has 1 aliphatic heterocycles. The minimum Gasteiger partial charge on any atom is -0.481 e. The van der Waals surface area contributed by atoms with Gasteiger partial charge in [-0.05, 0) is 68.1 Å². The van der Waals surface area contributed by atoms with Gasteiger partial charge in [0.2, 0.25) is 0 Å². The highest BCUT2D eigenvalue weighted by Gasteiger charge is 2.23. The maximum atomic E-state index is 13.5. The number of likely N-dealkylation sites (tertiary alicyclic amines) is 1. The Bertz CT molecular complexity index is 1100. The van der Waals surface area contributed by atoms with Gasteiger partial charge in [-0.2, -0.15) is 0 Å². The van der Waals surface area contributed by atoms with Crippen LogP contribution < -0.4 is 4.74 Å². The van der Waals surface area contributed by atoms with E-state index in [4.69, 9.17) is 27.9 Å². The van der Waals surface area contributed by atoms with Crippen LogP contribution >= 0.6 is 23.2 Å². The van der Waals surface area contributed by atoms with Crippen LogP contribution in [0, 0.1) is 5.82 Å². The molecule has 1 aliphatic rings. The molecule has 1 amide bonds. The fraction of sp³-hybridized carbons (Fsp3) is 0.304. The number of ether oxygens (including phenoxy) is 1. The normalized spacial score (nSPS) is 15.3. The lowest BCUT2D eigenvalue weighted by Gasteiger charge is -2.29. The van der Waals surface area contributed by atoms with Crippen molar-refractivity contribution in [3.63, 3.8) is 0 Å². The zero-order valence-corrected chi connectivity index (χ0v) is 18.0. The van der Waals surface area contributed by atoms with Crippen LogP contribution in [0.3, 0.4) is 0 Å². The maximum absolute atomic E-state index is 13.5. The van der Waals surface area contributed by atoms with Crippen LogP contribution in [0.5, 0.6) is 5.75 Å². The molecule has 1 atom stereocenters. The molecule has 7 heteroatoms. The number of halogens is 3. The van der Waals surface area contributed by atoms with Gasteiger partial charge >= 0.3 is 0 Å². The van der Waals surface area contributed by atoms with E-state index in [1.165, 1.54) is 12.1 Å². The number of fused-ring (bicyclic) bond motifs is 1. The average molecular weight is 447 g/mol. The molecule has 1 aromatic heterocycles. The first-order valence-corrected chi connectivity index (χ1v) is 10.7. The second kappa shape index (κ2) is 8.78. The number of nitrogens with zero attached hydrogens (tertiary/aromatic N) is 2. The largest absolute Gasteiger partial charge is 0.481 e. The summed E-state index contributed by atoms with van der Waals surface area (Å²) in [5, 5.41) is 1.38. The number of benzene rings is 2. The van der Waals surface area contributed by atoms with E-state index in [9.17, 15) is 9.18 Å². The fourth-order valence-corrected chi connectivity index (χ4v) is 4.28. The van der Waals surface area contributed by atoms with E-state index in [0.717, 1.165) is 43.3 Å². The number of carbonyl (C=O) groups is 1. The lowest BCUT2D eigenvalue weighted by Crippen LogP contribution is -2.43. The van der Waals surface area contributed by atoms with Gasteiger partial charge in [0.25, 0.3) is 5.91 Å². The van der Waals surface area contributed by atoms with Crippen molar-refractivity contribution in [2.75, 3.05) is 13.1 Å². The van der Waals surface area contributed by atoms with Crippen LogP contribution in [0.15, 0.2) is 42.5 Å². The highest BCUT2D eigenvalue weighted by Crippen LogP contribution is 2.36. The molecule has 0 bridgehead atoms. The second-order valence-corrected chi connectivity index (χ2v) is 8.24. The van der Waals surface area contributed by atoms with E-state index >= 15 is 0 Å². The van der Waals surface area contributed by atoms with Crippen LogP contribution in [0.2, 0.25) is 10.2 Å². The van der Waals surface area contributed by atoms with Gasteiger partial charge in [0.05, 0.1) is 10.5 Å². The summed E-state index contributed by atoms with van der Waals surface area (Å²) >= 11 is 12.5. The van der Waals surface area contributed by atoms with Crippen molar-refractivity contribution >= 4 is 40.0 Å². The fourth-order valence-electron chi connectivity index (χ4n) is 3.81. The minimum absolute atomic E-state index is 0.00682. The summed E-state index contributed by atoms with van der Waals surface area (Å²) in [4.78, 5) is 18.9. The van der Waals surface area contributed by atoms with Crippen molar-refractivity contribution in [1.82, 2.24) is 9.88 Å². The number of rotatable bonds is 4. The predicted octanol–water partition coefficient (Wildman–Crippen LogP) is 6.13. The van der Waals surface area contributed by atoms with Crippen LogP contribution in [-0.4, -0.2) is 35.0 Å². The van der Waals surface area contributed by atoms with Crippen LogP contribution in [0.1, 0.15) is 26.2 Å². The van der Waals surface area contributed by atoms with Crippen molar-refractivity contribution in [2.24, 2.45) is 0 Å². The van der Waals surface area contributed by atoms with Crippen LogP contribution in [0.4, 0.5) is 4.39 Å². The summed E-state index contributed by atoms with van der Waals surface area (Å²) in [7, 11) is 0. The molecule has 156 valence electrons. The van der Waals surface area contributed by atoms with E-state index in [2.05, 4.69) is 4.98 Å². The van der Waals surface area contributed by atoms with Crippen molar-refractivity contribution in [1.29, 1.82) is 0 Å². The molecule has 0 spiro atoms. The molecule has 3 aromatic rings. The first kappa shape index (κ1) is 20.9. The van der Waals surface area contributed by atoms with Gasteiger partial charge in [-0.1, -0.05) is 23.2 Å². The van der Waals surface area contributed by atoms with E-state index in [1.54, 1.807) is 31.2 Å². The quantitative estimate of drug-likeness (QED) is 0.452. The number of aromatic nitrogens is 1. The molecule has 30 heavy (non-hydrogen) atoms. The zero-order chi connectivity index (χ0) is 21.3. The Hall–Kier alpha value is -2.37. The van der Waals surface area contributed by atoms with Gasteiger partial charge in [0.1, 0.15) is 16.7 Å². The van der Waals surface area contributed by atoms with Crippen molar-refractivity contribution in [3.8, 4) is 16.9 Å². The molecule has 1 fully saturated rings. The molecule has 0 N–H and O–H groups in total. The number of piperidine rings is 1. The molecule has 0 radical (unpaired) electrons. The van der Waals surface area contributed by atoms with Gasteiger partial charge in [-0.25, -0.2) is 9.37 Å². The molecule has 0 aliphatic carbocycles. The Labute approximate surface area is 184 Å². The third-order valence-electron chi connectivity index (χ3n) is 5.30. The number of hydrogen-bond donors (Lipinski definition) is 0. The summed E-state index contributed by atoms with van der Waals surface area (Å²) in [6, 6.07) is 11.3. The molecule has 4 rings (SSSR count). The maximum Gasteiger partial charge on any atom is 0.263 e. The molecular weight excluding hydrogens is 426 g/mol. The van der Waals surface area contributed by atoms with E-state index < -0.39 is 11.9 Å². The summed E-state index contributed by atoms with van der Waals surface area (Å²) in [5.41, 5.74) is 2.02. The van der Waals surface area contributed by atoms with Crippen LogP contribution in [-0.2, 0) is 4.79 Å². The van der Waals surface area contributed by atoms with E-state index in [-0.39, 0.29) is 11.1 Å². The van der Waals surface area contributed by atoms with Gasteiger partial charge in [-0.15, -0.1) is 0 Å². The Morgan fingerprint density at radius 3 is 2.57 bits per heavy atom. The highest BCUT2D eigenvalue weighted by molar-refractivity contribution is 6.34. The summed E-state index contributed by atoms with van der Waals surface area (Å²) < 4.78 is 19.4. The number of pyridine rings is 1. The Kier molecular flexibility index (Phi) is 6.11. The van der Waals surface area contributed by atoms with Gasteiger partial charge in [0.15, 0.2) is 6.10 Å². The molecule has 1 saturated heterocycles. The molecule has 2 aromatic carbocycles. The lowest BCUT2D eigenvalue weighted by molar-refractivity contribution is -0.138. The molecule has 4 nitrogen and oxygen atoms in total.